The molecule has 2 heterocycles. The molecule has 0 saturated carbocycles. The van der Waals surface area contributed by atoms with E-state index in [0.717, 1.165) is 11.1 Å². The van der Waals surface area contributed by atoms with E-state index < -0.39 is 5.54 Å². The minimum atomic E-state index is -0.621. The third kappa shape index (κ3) is 3.88. The van der Waals surface area contributed by atoms with E-state index in [2.05, 4.69) is 15.3 Å². The van der Waals surface area contributed by atoms with Crippen LogP contribution >= 0.6 is 0 Å². The molecule has 4 rings (SSSR count). The van der Waals surface area contributed by atoms with Gasteiger partial charge in [0.1, 0.15) is 17.8 Å². The summed E-state index contributed by atoms with van der Waals surface area (Å²) in [6.45, 7) is 6.23. The molecule has 8 nitrogen and oxygen atoms in total. The maximum atomic E-state index is 12.7. The van der Waals surface area contributed by atoms with E-state index in [0.29, 0.717) is 33.7 Å². The van der Waals surface area contributed by atoms with Gasteiger partial charge in [0.05, 0.1) is 22.6 Å². The highest BCUT2D eigenvalue weighted by Crippen LogP contribution is 2.33. The fourth-order valence-corrected chi connectivity index (χ4v) is 3.51. The van der Waals surface area contributed by atoms with Crippen molar-refractivity contribution in [1.82, 2.24) is 25.1 Å². The molecule has 160 valence electrons. The molecule has 0 unspecified atom stereocenters. The van der Waals surface area contributed by atoms with Crippen molar-refractivity contribution in [3.05, 3.63) is 71.5 Å². The maximum Gasteiger partial charge on any atom is 0.251 e. The average Bonchev–Trinajstić information content (AvgIpc) is 3.20. The summed E-state index contributed by atoms with van der Waals surface area (Å²) in [5.41, 5.74) is 9.79. The number of fused-ring (bicyclic) bond motifs is 1. The van der Waals surface area contributed by atoms with Crippen LogP contribution in [0.3, 0.4) is 0 Å². The average molecular weight is 425 g/mol. The minimum absolute atomic E-state index is 0.264. The van der Waals surface area contributed by atoms with E-state index in [1.54, 1.807) is 28.9 Å². The van der Waals surface area contributed by atoms with E-state index in [9.17, 15) is 4.79 Å². The Kier molecular flexibility index (Phi) is 5.33. The number of anilines is 1. The van der Waals surface area contributed by atoms with Crippen molar-refractivity contribution in [2.24, 2.45) is 0 Å². The first-order valence-electron chi connectivity index (χ1n) is 10.2. The first-order chi connectivity index (χ1) is 15.3. The van der Waals surface area contributed by atoms with Crippen LogP contribution in [-0.4, -0.2) is 32.2 Å². The second-order valence-electron chi connectivity index (χ2n) is 8.27. The monoisotopic (exact) mass is 425 g/mol. The highest BCUT2D eigenvalue weighted by molar-refractivity contribution is 5.98. The molecule has 0 aliphatic rings. The van der Waals surface area contributed by atoms with Gasteiger partial charge in [-0.1, -0.05) is 35.9 Å². The summed E-state index contributed by atoms with van der Waals surface area (Å²) in [6.07, 6.45) is 1.41. The number of hydrogen-bond acceptors (Lipinski definition) is 6. The molecule has 0 spiro atoms. The van der Waals surface area contributed by atoms with Crippen molar-refractivity contribution in [3.8, 4) is 17.3 Å². The van der Waals surface area contributed by atoms with Gasteiger partial charge in [-0.05, 0) is 39.0 Å². The Morgan fingerprint density at radius 3 is 2.66 bits per heavy atom. The zero-order valence-corrected chi connectivity index (χ0v) is 18.1. The molecule has 0 aliphatic carbocycles. The van der Waals surface area contributed by atoms with Crippen LogP contribution in [0, 0.1) is 18.3 Å². The summed E-state index contributed by atoms with van der Waals surface area (Å²) >= 11 is 0. The number of aryl methyl sites for hydroxylation is 1. The number of carbonyl (C=O) groups is 1. The second-order valence-corrected chi connectivity index (χ2v) is 8.27. The van der Waals surface area contributed by atoms with Crippen molar-refractivity contribution < 1.29 is 4.79 Å². The number of nitrogens with zero attached hydrogens (tertiary/aromatic N) is 5. The number of benzene rings is 2. The van der Waals surface area contributed by atoms with Crippen LogP contribution < -0.4 is 11.1 Å². The number of nitrogens with two attached hydrogens (primary N) is 1. The summed E-state index contributed by atoms with van der Waals surface area (Å²) < 4.78 is 1.78. The SMILES string of the molecule is Cc1ccc(-c2nn(C(C)(C)CNC(=O)c3cccc(C#N)c3)c3ncnc(N)c23)cc1. The lowest BCUT2D eigenvalue weighted by atomic mass is 10.1. The van der Waals surface area contributed by atoms with E-state index in [1.807, 2.05) is 51.1 Å². The third-order valence-electron chi connectivity index (χ3n) is 5.33. The molecule has 0 radical (unpaired) electrons. The van der Waals surface area contributed by atoms with E-state index >= 15 is 0 Å². The fraction of sp³-hybridized carbons (Fsp3) is 0.208. The quantitative estimate of drug-likeness (QED) is 0.505. The van der Waals surface area contributed by atoms with Gasteiger partial charge in [-0.15, -0.1) is 0 Å². The highest BCUT2D eigenvalue weighted by Gasteiger charge is 2.28. The molecule has 0 bridgehead atoms. The zero-order valence-electron chi connectivity index (χ0n) is 18.1. The Labute approximate surface area is 185 Å². The number of nitrogens with one attached hydrogen (secondary N) is 1. The molecule has 8 heteroatoms. The van der Waals surface area contributed by atoms with Crippen LogP contribution in [0.1, 0.15) is 35.3 Å². The summed E-state index contributed by atoms with van der Waals surface area (Å²) in [6, 6.07) is 16.6. The van der Waals surface area contributed by atoms with Gasteiger partial charge >= 0.3 is 0 Å². The smallest absolute Gasteiger partial charge is 0.251 e. The summed E-state index contributed by atoms with van der Waals surface area (Å²) in [5.74, 6) is 0.0875. The Hall–Kier alpha value is -4.25. The molecule has 3 N–H and O–H groups in total. The number of nitrogen functional groups attached to an aromatic ring is 1. The molecular weight excluding hydrogens is 402 g/mol. The third-order valence-corrected chi connectivity index (χ3v) is 5.33. The van der Waals surface area contributed by atoms with E-state index in [1.165, 1.54) is 6.33 Å². The predicted molar refractivity (Wildman–Crippen MR) is 123 cm³/mol. The molecule has 2 aromatic heterocycles. The molecular formula is C24H23N7O. The van der Waals surface area contributed by atoms with Crippen LogP contribution in [0.15, 0.2) is 54.9 Å². The second kappa shape index (κ2) is 8.12. The minimum Gasteiger partial charge on any atom is -0.383 e. The van der Waals surface area contributed by atoms with Crippen LogP contribution in [0.4, 0.5) is 5.82 Å². The van der Waals surface area contributed by atoms with Crippen molar-refractivity contribution in [2.45, 2.75) is 26.3 Å². The topological polar surface area (TPSA) is 123 Å². The first kappa shape index (κ1) is 21.0. The number of hydrogen-bond donors (Lipinski definition) is 2. The predicted octanol–water partition coefficient (Wildman–Crippen LogP) is 3.42. The van der Waals surface area contributed by atoms with Crippen molar-refractivity contribution in [2.75, 3.05) is 12.3 Å². The number of amides is 1. The van der Waals surface area contributed by atoms with Crippen molar-refractivity contribution in [1.29, 1.82) is 5.26 Å². The molecule has 2 aromatic carbocycles. The summed E-state index contributed by atoms with van der Waals surface area (Å²) in [4.78, 5) is 21.3. The number of rotatable bonds is 5. The van der Waals surface area contributed by atoms with Crippen LogP contribution in [0.5, 0.6) is 0 Å². The standard InChI is InChI=1S/C24H23N7O/c1-15-7-9-17(10-8-15)20-19-21(26)28-14-29-22(19)31(30-20)24(2,3)13-27-23(32)18-6-4-5-16(11-18)12-25/h4-11,14H,13H2,1-3H3,(H,27,32)(H2,26,28,29). The lowest BCUT2D eigenvalue weighted by molar-refractivity contribution is 0.0936. The molecule has 0 fully saturated rings. The van der Waals surface area contributed by atoms with E-state index in [-0.39, 0.29) is 12.5 Å². The van der Waals surface area contributed by atoms with Crippen LogP contribution in [0.25, 0.3) is 22.3 Å². The van der Waals surface area contributed by atoms with Crippen LogP contribution in [-0.2, 0) is 5.54 Å². The molecule has 4 aromatic rings. The van der Waals surface area contributed by atoms with Crippen LogP contribution in [0.2, 0.25) is 0 Å². The Balaban J connectivity index is 1.69. The molecule has 32 heavy (non-hydrogen) atoms. The van der Waals surface area contributed by atoms with Gasteiger partial charge in [0.15, 0.2) is 5.65 Å². The van der Waals surface area contributed by atoms with Gasteiger partial charge in [-0.25, -0.2) is 14.6 Å². The lowest BCUT2D eigenvalue weighted by Gasteiger charge is -2.26. The van der Waals surface area contributed by atoms with Crippen molar-refractivity contribution >= 4 is 22.8 Å². The molecule has 1 amide bonds. The Bertz CT molecular complexity index is 1350. The molecule has 0 aliphatic heterocycles. The number of nitriles is 1. The van der Waals surface area contributed by atoms with Gasteiger partial charge in [0.2, 0.25) is 0 Å². The zero-order chi connectivity index (χ0) is 22.9. The fourth-order valence-electron chi connectivity index (χ4n) is 3.51. The van der Waals surface area contributed by atoms with Gasteiger partial charge in [-0.2, -0.15) is 10.4 Å². The Morgan fingerprint density at radius 2 is 1.94 bits per heavy atom. The van der Waals surface area contributed by atoms with Gasteiger partial charge in [0.25, 0.3) is 5.91 Å². The van der Waals surface area contributed by atoms with Gasteiger partial charge < -0.3 is 11.1 Å². The van der Waals surface area contributed by atoms with Gasteiger partial charge in [0, 0.05) is 17.7 Å². The van der Waals surface area contributed by atoms with E-state index in [4.69, 9.17) is 16.1 Å². The van der Waals surface area contributed by atoms with Gasteiger partial charge in [-0.3, -0.25) is 4.79 Å². The number of aromatic nitrogens is 4. The highest BCUT2D eigenvalue weighted by atomic mass is 16.1. The molecule has 0 atom stereocenters. The maximum absolute atomic E-state index is 12.7. The first-order valence-corrected chi connectivity index (χ1v) is 10.2. The summed E-state index contributed by atoms with van der Waals surface area (Å²) in [7, 11) is 0. The molecule has 0 saturated heterocycles. The van der Waals surface area contributed by atoms with Crippen molar-refractivity contribution in [3.63, 3.8) is 0 Å². The Morgan fingerprint density at radius 1 is 1.19 bits per heavy atom. The lowest BCUT2D eigenvalue weighted by Crippen LogP contribution is -2.41. The summed E-state index contributed by atoms with van der Waals surface area (Å²) in [5, 5.41) is 17.5. The normalized spacial score (nSPS) is 11.3. The number of carbonyl (C=O) groups excluding carboxylic acids is 1. The largest absolute Gasteiger partial charge is 0.383 e.